The second-order valence-electron chi connectivity index (χ2n) is 5.93. The van der Waals surface area contributed by atoms with Crippen LogP contribution in [0.1, 0.15) is 39.0 Å². The van der Waals surface area contributed by atoms with Crippen LogP contribution in [0.25, 0.3) is 0 Å². The number of nitrogens with two attached hydrogens (primary N) is 1. The van der Waals surface area contributed by atoms with Crippen molar-refractivity contribution < 1.29 is 0 Å². The van der Waals surface area contributed by atoms with E-state index in [1.54, 1.807) is 0 Å². The van der Waals surface area contributed by atoms with E-state index >= 15 is 0 Å². The lowest BCUT2D eigenvalue weighted by Crippen LogP contribution is -2.40. The van der Waals surface area contributed by atoms with Gasteiger partial charge in [-0.3, -0.25) is 0 Å². The van der Waals surface area contributed by atoms with E-state index in [0.29, 0.717) is 0 Å². The lowest BCUT2D eigenvalue weighted by molar-refractivity contribution is 0.237. The first-order valence-electron chi connectivity index (χ1n) is 6.51. The molecule has 0 bridgehead atoms. The second kappa shape index (κ2) is 4.73. The van der Waals surface area contributed by atoms with Crippen molar-refractivity contribution in [3.8, 4) is 6.07 Å². The molecule has 16 heavy (non-hydrogen) atoms. The van der Waals surface area contributed by atoms with Gasteiger partial charge in [0, 0.05) is 19.6 Å². The molecular weight excluding hydrogens is 198 g/mol. The normalized spacial score (nSPS) is 24.1. The topological polar surface area (TPSA) is 53.1 Å². The van der Waals surface area contributed by atoms with Crippen molar-refractivity contribution in [3.05, 3.63) is 0 Å². The van der Waals surface area contributed by atoms with Gasteiger partial charge in [-0.05, 0) is 50.9 Å². The lowest BCUT2D eigenvalue weighted by Gasteiger charge is -2.25. The highest BCUT2D eigenvalue weighted by Gasteiger charge is 2.30. The minimum atomic E-state index is -0.647. The summed E-state index contributed by atoms with van der Waals surface area (Å²) < 4.78 is 0. The van der Waals surface area contributed by atoms with Crippen LogP contribution in [0, 0.1) is 23.2 Å². The first-order chi connectivity index (χ1) is 7.59. The number of nitrogens with zero attached hydrogens (tertiary/aromatic N) is 2. The number of rotatable bonds is 7. The van der Waals surface area contributed by atoms with Crippen molar-refractivity contribution in [2.24, 2.45) is 17.6 Å². The molecule has 0 aromatic heterocycles. The van der Waals surface area contributed by atoms with Crippen LogP contribution >= 0.6 is 0 Å². The van der Waals surface area contributed by atoms with Crippen molar-refractivity contribution in [2.45, 2.75) is 44.6 Å². The maximum Gasteiger partial charge on any atom is 0.102 e. The summed E-state index contributed by atoms with van der Waals surface area (Å²) >= 11 is 0. The third-order valence-corrected chi connectivity index (χ3v) is 3.63. The summed E-state index contributed by atoms with van der Waals surface area (Å²) in [5.41, 5.74) is 5.22. The molecule has 2 saturated carbocycles. The summed E-state index contributed by atoms with van der Waals surface area (Å²) in [5, 5.41) is 8.90. The second-order valence-corrected chi connectivity index (χ2v) is 5.93. The maximum absolute atomic E-state index is 8.90. The van der Waals surface area contributed by atoms with Gasteiger partial charge in [-0.2, -0.15) is 5.26 Å². The highest BCUT2D eigenvalue weighted by molar-refractivity contribution is 5.01. The maximum atomic E-state index is 8.90. The third kappa shape index (κ3) is 4.11. The van der Waals surface area contributed by atoms with Gasteiger partial charge in [0.15, 0.2) is 0 Å². The fourth-order valence-corrected chi connectivity index (χ4v) is 2.03. The van der Waals surface area contributed by atoms with Gasteiger partial charge in [0.25, 0.3) is 0 Å². The molecule has 0 amide bonds. The Bertz CT molecular complexity index is 257. The standard InChI is InChI=1S/C13H23N3/c1-13(15,10-14)6-7-16(8-11-2-3-11)9-12-4-5-12/h11-12H,2-9,15H2,1H3. The Morgan fingerprint density at radius 3 is 2.12 bits per heavy atom. The zero-order valence-corrected chi connectivity index (χ0v) is 10.3. The van der Waals surface area contributed by atoms with Gasteiger partial charge >= 0.3 is 0 Å². The van der Waals surface area contributed by atoms with Crippen molar-refractivity contribution in [1.29, 1.82) is 5.26 Å². The van der Waals surface area contributed by atoms with Gasteiger partial charge in [0.2, 0.25) is 0 Å². The first-order valence-corrected chi connectivity index (χ1v) is 6.51. The number of hydrogen-bond donors (Lipinski definition) is 1. The minimum absolute atomic E-state index is 0.647. The zero-order valence-electron chi connectivity index (χ0n) is 10.3. The smallest absolute Gasteiger partial charge is 0.102 e. The summed E-state index contributed by atoms with van der Waals surface area (Å²) in [6.07, 6.45) is 6.40. The zero-order chi connectivity index (χ0) is 11.6. The molecule has 0 heterocycles. The van der Waals surface area contributed by atoms with E-state index in [9.17, 15) is 0 Å². The average Bonchev–Trinajstić information content (AvgIpc) is 3.09. The molecular formula is C13H23N3. The van der Waals surface area contributed by atoms with Crippen LogP contribution in [0.15, 0.2) is 0 Å². The molecule has 2 rings (SSSR count). The third-order valence-electron chi connectivity index (χ3n) is 3.63. The van der Waals surface area contributed by atoms with E-state index in [2.05, 4.69) is 11.0 Å². The molecule has 0 aromatic rings. The van der Waals surface area contributed by atoms with E-state index in [1.165, 1.54) is 38.8 Å². The molecule has 1 atom stereocenters. The van der Waals surface area contributed by atoms with E-state index in [-0.39, 0.29) is 0 Å². The first kappa shape index (κ1) is 11.9. The van der Waals surface area contributed by atoms with Gasteiger partial charge < -0.3 is 10.6 Å². The molecule has 0 aliphatic heterocycles. The van der Waals surface area contributed by atoms with Crippen LogP contribution in [0.3, 0.4) is 0 Å². The molecule has 0 radical (unpaired) electrons. The average molecular weight is 221 g/mol. The van der Waals surface area contributed by atoms with Gasteiger partial charge in [-0.1, -0.05) is 0 Å². The summed E-state index contributed by atoms with van der Waals surface area (Å²) in [6, 6.07) is 2.19. The van der Waals surface area contributed by atoms with Crippen molar-refractivity contribution in [1.82, 2.24) is 4.90 Å². The Labute approximate surface area is 98.6 Å². The lowest BCUT2D eigenvalue weighted by atomic mass is 10.0. The Balaban J connectivity index is 1.74. The van der Waals surface area contributed by atoms with Gasteiger partial charge in [0.05, 0.1) is 6.07 Å². The van der Waals surface area contributed by atoms with E-state index in [0.717, 1.165) is 24.8 Å². The summed E-state index contributed by atoms with van der Waals surface area (Å²) in [4.78, 5) is 2.54. The molecule has 2 fully saturated rings. The quantitative estimate of drug-likeness (QED) is 0.712. The molecule has 0 saturated heterocycles. The molecule has 1 unspecified atom stereocenters. The summed E-state index contributed by atoms with van der Waals surface area (Å²) in [7, 11) is 0. The summed E-state index contributed by atoms with van der Waals surface area (Å²) in [5.74, 6) is 1.87. The minimum Gasteiger partial charge on any atom is -0.314 e. The molecule has 3 heteroatoms. The molecule has 90 valence electrons. The van der Waals surface area contributed by atoms with Crippen LogP contribution in [0.2, 0.25) is 0 Å². The molecule has 2 N–H and O–H groups in total. The fraction of sp³-hybridized carbons (Fsp3) is 0.923. The van der Waals surface area contributed by atoms with Gasteiger partial charge in [-0.25, -0.2) is 0 Å². The van der Waals surface area contributed by atoms with Crippen molar-refractivity contribution in [3.63, 3.8) is 0 Å². The summed E-state index contributed by atoms with van der Waals surface area (Å²) in [6.45, 7) is 5.29. The van der Waals surface area contributed by atoms with E-state index in [1.807, 2.05) is 6.92 Å². The van der Waals surface area contributed by atoms with Crippen molar-refractivity contribution in [2.75, 3.05) is 19.6 Å². The van der Waals surface area contributed by atoms with Crippen molar-refractivity contribution >= 4 is 0 Å². The molecule has 3 nitrogen and oxygen atoms in total. The van der Waals surface area contributed by atoms with Gasteiger partial charge in [-0.15, -0.1) is 0 Å². The predicted molar refractivity (Wildman–Crippen MR) is 64.7 cm³/mol. The highest BCUT2D eigenvalue weighted by Crippen LogP contribution is 2.33. The van der Waals surface area contributed by atoms with Crippen LogP contribution in [-0.2, 0) is 0 Å². The Morgan fingerprint density at radius 1 is 1.25 bits per heavy atom. The Kier molecular flexibility index (Phi) is 3.51. The molecule has 0 spiro atoms. The van der Waals surface area contributed by atoms with E-state index in [4.69, 9.17) is 11.0 Å². The fourth-order valence-electron chi connectivity index (χ4n) is 2.03. The van der Waals surface area contributed by atoms with Gasteiger partial charge in [0.1, 0.15) is 5.54 Å². The van der Waals surface area contributed by atoms with Crippen LogP contribution < -0.4 is 5.73 Å². The number of nitriles is 1. The monoisotopic (exact) mass is 221 g/mol. The van der Waals surface area contributed by atoms with Crippen LogP contribution in [0.4, 0.5) is 0 Å². The Hall–Kier alpha value is -0.590. The molecule has 2 aliphatic carbocycles. The SMILES string of the molecule is CC(N)(C#N)CCN(CC1CC1)CC1CC1. The largest absolute Gasteiger partial charge is 0.314 e. The predicted octanol–water partition coefficient (Wildman–Crippen LogP) is 1.74. The van der Waals surface area contributed by atoms with E-state index < -0.39 is 5.54 Å². The van der Waals surface area contributed by atoms with Crippen LogP contribution in [0.5, 0.6) is 0 Å². The van der Waals surface area contributed by atoms with Crippen LogP contribution in [-0.4, -0.2) is 30.1 Å². The highest BCUT2D eigenvalue weighted by atomic mass is 15.1. The number of hydrogen-bond acceptors (Lipinski definition) is 3. The molecule has 0 aromatic carbocycles. The Morgan fingerprint density at radius 2 is 1.75 bits per heavy atom. The molecule has 2 aliphatic rings.